The van der Waals surface area contributed by atoms with Crippen molar-refractivity contribution in [3.8, 4) is 6.07 Å². The largest absolute Gasteiger partial charge is 0.353 e. The molecule has 1 aliphatic heterocycles. The average molecular weight is 393 g/mol. The van der Waals surface area contributed by atoms with E-state index in [-0.39, 0.29) is 16.9 Å². The summed E-state index contributed by atoms with van der Waals surface area (Å²) in [6, 6.07) is 8.39. The Hall–Kier alpha value is -3.38. The van der Waals surface area contributed by atoms with Gasteiger partial charge in [-0.2, -0.15) is 5.26 Å². The summed E-state index contributed by atoms with van der Waals surface area (Å²) in [5.41, 5.74) is 1.82. The van der Waals surface area contributed by atoms with Crippen LogP contribution < -0.4 is 10.2 Å². The van der Waals surface area contributed by atoms with Gasteiger partial charge in [-0.15, -0.1) is 0 Å². The molecule has 0 bridgehead atoms. The van der Waals surface area contributed by atoms with Crippen LogP contribution in [0.4, 0.5) is 14.6 Å². The molecule has 1 aliphatic rings. The lowest BCUT2D eigenvalue weighted by atomic mass is 10.1. The summed E-state index contributed by atoms with van der Waals surface area (Å²) >= 11 is 0. The molecule has 0 saturated carbocycles. The van der Waals surface area contributed by atoms with Crippen LogP contribution in [0.25, 0.3) is 27.8 Å². The van der Waals surface area contributed by atoms with E-state index >= 15 is 0 Å². The number of halogens is 2. The molecular formula is C20H17F2N7. The fourth-order valence-corrected chi connectivity index (χ4v) is 4.06. The van der Waals surface area contributed by atoms with Gasteiger partial charge in [0.1, 0.15) is 17.4 Å². The van der Waals surface area contributed by atoms with Crippen molar-refractivity contribution in [1.29, 1.82) is 5.26 Å². The molecule has 9 heteroatoms. The molecule has 146 valence electrons. The van der Waals surface area contributed by atoms with Gasteiger partial charge < -0.3 is 10.2 Å². The van der Waals surface area contributed by atoms with Crippen molar-refractivity contribution in [3.05, 3.63) is 41.6 Å². The summed E-state index contributed by atoms with van der Waals surface area (Å²) in [6.45, 7) is 5.81. The van der Waals surface area contributed by atoms with Gasteiger partial charge in [0.15, 0.2) is 28.6 Å². The van der Waals surface area contributed by atoms with Crippen molar-refractivity contribution in [3.63, 3.8) is 0 Å². The zero-order valence-corrected chi connectivity index (χ0v) is 15.8. The molecule has 1 fully saturated rings. The van der Waals surface area contributed by atoms with Crippen molar-refractivity contribution in [1.82, 2.24) is 24.7 Å². The summed E-state index contributed by atoms with van der Waals surface area (Å²) in [4.78, 5) is 15.6. The number of hydrogen-bond acceptors (Lipinski definition) is 6. The fourth-order valence-electron chi connectivity index (χ4n) is 4.06. The number of rotatable bonds is 1. The number of fused-ring (bicyclic) bond motifs is 5. The summed E-state index contributed by atoms with van der Waals surface area (Å²) in [5, 5.41) is 13.0. The molecule has 0 radical (unpaired) electrons. The lowest BCUT2D eigenvalue weighted by Gasteiger charge is -2.36. The number of nitrogens with one attached hydrogen (secondary N) is 1. The third-order valence-corrected chi connectivity index (χ3v) is 5.18. The molecule has 4 aromatic rings. The fraction of sp³-hybridized carbons (Fsp3) is 0.300. The van der Waals surface area contributed by atoms with Crippen LogP contribution in [0.2, 0.25) is 0 Å². The van der Waals surface area contributed by atoms with E-state index in [9.17, 15) is 14.0 Å². The van der Waals surface area contributed by atoms with Gasteiger partial charge in [0.2, 0.25) is 0 Å². The molecule has 1 saturated heterocycles. The van der Waals surface area contributed by atoms with Crippen molar-refractivity contribution in [2.75, 3.05) is 18.0 Å². The maximum atomic E-state index is 14.0. The van der Waals surface area contributed by atoms with Crippen molar-refractivity contribution < 1.29 is 8.78 Å². The van der Waals surface area contributed by atoms with Crippen molar-refractivity contribution in [2.24, 2.45) is 0 Å². The molecule has 0 amide bonds. The van der Waals surface area contributed by atoms with Crippen molar-refractivity contribution in [2.45, 2.75) is 25.9 Å². The highest BCUT2D eigenvalue weighted by molar-refractivity contribution is 5.89. The van der Waals surface area contributed by atoms with Crippen molar-refractivity contribution >= 4 is 33.7 Å². The highest BCUT2D eigenvalue weighted by atomic mass is 19.2. The molecule has 29 heavy (non-hydrogen) atoms. The third kappa shape index (κ3) is 2.76. The summed E-state index contributed by atoms with van der Waals surface area (Å²) in [6.07, 6.45) is 0. The van der Waals surface area contributed by atoms with Gasteiger partial charge in [0, 0.05) is 37.3 Å². The Morgan fingerprint density at radius 2 is 1.72 bits per heavy atom. The topological polar surface area (TPSA) is 82.1 Å². The Bertz CT molecular complexity index is 1310. The maximum Gasteiger partial charge on any atom is 0.184 e. The molecule has 4 heterocycles. The predicted molar refractivity (Wildman–Crippen MR) is 105 cm³/mol. The van der Waals surface area contributed by atoms with Gasteiger partial charge in [-0.05, 0) is 26.0 Å². The van der Waals surface area contributed by atoms with Crippen LogP contribution in [-0.4, -0.2) is 44.5 Å². The van der Waals surface area contributed by atoms with E-state index in [4.69, 9.17) is 4.98 Å². The Balaban J connectivity index is 1.81. The zero-order chi connectivity index (χ0) is 20.3. The highest BCUT2D eigenvalue weighted by Gasteiger charge is 2.23. The van der Waals surface area contributed by atoms with Crippen LogP contribution >= 0.6 is 0 Å². The van der Waals surface area contributed by atoms with Crippen LogP contribution in [0, 0.1) is 23.0 Å². The molecule has 0 aliphatic carbocycles. The number of aromatic nitrogens is 4. The van der Waals surface area contributed by atoms with Gasteiger partial charge in [-0.25, -0.2) is 23.7 Å². The molecule has 5 rings (SSSR count). The predicted octanol–water partition coefficient (Wildman–Crippen LogP) is 2.77. The Morgan fingerprint density at radius 1 is 1.00 bits per heavy atom. The molecule has 0 unspecified atom stereocenters. The molecular weight excluding hydrogens is 376 g/mol. The number of nitrogens with zero attached hydrogens (tertiary/aromatic N) is 6. The number of hydrogen-bond donors (Lipinski definition) is 1. The normalized spacial score (nSPS) is 19.9. The first-order valence-corrected chi connectivity index (χ1v) is 9.33. The van der Waals surface area contributed by atoms with E-state index < -0.39 is 11.6 Å². The second kappa shape index (κ2) is 6.32. The lowest BCUT2D eigenvalue weighted by molar-refractivity contribution is 0.405. The number of benzene rings is 1. The quantitative estimate of drug-likeness (QED) is 0.536. The van der Waals surface area contributed by atoms with Gasteiger partial charge in [0.05, 0.1) is 11.0 Å². The van der Waals surface area contributed by atoms with E-state index in [1.807, 2.05) is 12.1 Å². The van der Waals surface area contributed by atoms with Gasteiger partial charge in [-0.3, -0.25) is 4.40 Å². The highest BCUT2D eigenvalue weighted by Crippen LogP contribution is 2.27. The number of imidazole rings is 1. The molecule has 3 aromatic heterocycles. The Kier molecular flexibility index (Phi) is 3.86. The molecule has 0 spiro atoms. The van der Waals surface area contributed by atoms with E-state index in [1.54, 1.807) is 10.5 Å². The smallest absolute Gasteiger partial charge is 0.184 e. The van der Waals surface area contributed by atoms with Gasteiger partial charge in [0.25, 0.3) is 0 Å². The molecule has 1 N–H and O–H groups in total. The number of anilines is 1. The van der Waals surface area contributed by atoms with Crippen LogP contribution in [0.5, 0.6) is 0 Å². The maximum absolute atomic E-state index is 14.0. The van der Waals surface area contributed by atoms with E-state index in [0.29, 0.717) is 28.8 Å². The number of pyridine rings is 1. The first kappa shape index (κ1) is 17.7. The van der Waals surface area contributed by atoms with Crippen LogP contribution in [0.3, 0.4) is 0 Å². The third-order valence-electron chi connectivity index (χ3n) is 5.18. The first-order valence-electron chi connectivity index (χ1n) is 9.33. The van der Waals surface area contributed by atoms with Crippen LogP contribution in [0.1, 0.15) is 19.5 Å². The van der Waals surface area contributed by atoms with Gasteiger partial charge >= 0.3 is 0 Å². The van der Waals surface area contributed by atoms with E-state index in [2.05, 4.69) is 34.0 Å². The summed E-state index contributed by atoms with van der Waals surface area (Å²) < 4.78 is 29.3. The average Bonchev–Trinajstić information content (AvgIpc) is 3.05. The van der Waals surface area contributed by atoms with E-state index in [0.717, 1.165) is 31.0 Å². The number of nitriles is 1. The second-order valence-corrected chi connectivity index (χ2v) is 7.48. The number of piperazine rings is 1. The zero-order valence-electron chi connectivity index (χ0n) is 15.8. The van der Waals surface area contributed by atoms with Gasteiger partial charge in [-0.1, -0.05) is 0 Å². The minimum atomic E-state index is -0.992. The van der Waals surface area contributed by atoms with Crippen LogP contribution in [0.15, 0.2) is 24.3 Å². The van der Waals surface area contributed by atoms with Crippen LogP contribution in [-0.2, 0) is 0 Å². The molecule has 7 nitrogen and oxygen atoms in total. The lowest BCUT2D eigenvalue weighted by Crippen LogP contribution is -2.54. The monoisotopic (exact) mass is 393 g/mol. The second-order valence-electron chi connectivity index (χ2n) is 7.48. The minimum Gasteiger partial charge on any atom is -0.353 e. The van der Waals surface area contributed by atoms with E-state index in [1.165, 1.54) is 0 Å². The molecule has 1 aromatic carbocycles. The Morgan fingerprint density at radius 3 is 2.45 bits per heavy atom. The first-order chi connectivity index (χ1) is 13.9. The Labute approximate surface area is 164 Å². The SMILES string of the molecule is C[C@@H]1CN(c2ccc3nc(C#N)c4nc5cc(F)c(F)cc5n4c3n2)C[C@H](C)N1. The minimum absolute atomic E-state index is 0.0773. The molecule has 2 atom stereocenters. The summed E-state index contributed by atoms with van der Waals surface area (Å²) in [7, 11) is 0. The summed E-state index contributed by atoms with van der Waals surface area (Å²) in [5.74, 6) is -1.22. The standard InChI is InChI=1S/C20H17F2N7/c1-10-8-28(9-11(2)24-10)18-4-3-14-19(27-18)29-17-6-13(22)12(21)5-15(17)26-20(29)16(7-23)25-14/h3-6,10-11,24H,8-9H2,1-2H3/t10-,11+.